The second kappa shape index (κ2) is 6.13. The summed E-state index contributed by atoms with van der Waals surface area (Å²) in [6.45, 7) is 6.30. The highest BCUT2D eigenvalue weighted by Crippen LogP contribution is 2.26. The van der Waals surface area contributed by atoms with E-state index in [1.54, 1.807) is 19.2 Å². The van der Waals surface area contributed by atoms with E-state index in [2.05, 4.69) is 36.7 Å². The SMILES string of the molecule is COC(C(N)Cc1ccc(F)c(Br)c1)C(C)(C)C. The summed E-state index contributed by atoms with van der Waals surface area (Å²) < 4.78 is 19.1. The molecule has 0 aliphatic rings. The van der Waals surface area contributed by atoms with Crippen molar-refractivity contribution in [2.24, 2.45) is 11.1 Å². The number of hydrogen-bond acceptors (Lipinski definition) is 2. The minimum atomic E-state index is -0.258. The molecule has 0 aliphatic carbocycles. The highest BCUT2D eigenvalue weighted by atomic mass is 79.9. The maximum absolute atomic E-state index is 13.1. The molecule has 2 nitrogen and oxygen atoms in total. The molecule has 0 radical (unpaired) electrons. The van der Waals surface area contributed by atoms with E-state index in [0.717, 1.165) is 5.56 Å². The molecule has 2 N–H and O–H groups in total. The quantitative estimate of drug-likeness (QED) is 0.922. The van der Waals surface area contributed by atoms with Gasteiger partial charge in [0.15, 0.2) is 0 Å². The molecule has 0 saturated heterocycles. The van der Waals surface area contributed by atoms with E-state index in [0.29, 0.717) is 10.9 Å². The van der Waals surface area contributed by atoms with Crippen LogP contribution in [-0.4, -0.2) is 19.3 Å². The fraction of sp³-hybridized carbons (Fsp3) is 0.571. The summed E-state index contributed by atoms with van der Waals surface area (Å²) in [4.78, 5) is 0. The van der Waals surface area contributed by atoms with Crippen LogP contribution in [0.3, 0.4) is 0 Å². The molecule has 0 fully saturated rings. The first-order valence-electron chi connectivity index (χ1n) is 5.98. The Morgan fingerprint density at radius 1 is 1.39 bits per heavy atom. The zero-order chi connectivity index (χ0) is 13.9. The Balaban J connectivity index is 2.80. The predicted molar refractivity (Wildman–Crippen MR) is 76.0 cm³/mol. The molecule has 0 heterocycles. The summed E-state index contributed by atoms with van der Waals surface area (Å²) in [7, 11) is 1.68. The number of nitrogens with two attached hydrogens (primary N) is 1. The predicted octanol–water partition coefficient (Wildman–Crippen LogP) is 3.52. The lowest BCUT2D eigenvalue weighted by atomic mass is 9.83. The van der Waals surface area contributed by atoms with E-state index in [1.807, 2.05) is 0 Å². The van der Waals surface area contributed by atoms with Crippen LogP contribution in [0.15, 0.2) is 22.7 Å². The van der Waals surface area contributed by atoms with Crippen molar-refractivity contribution in [2.75, 3.05) is 7.11 Å². The van der Waals surface area contributed by atoms with Crippen LogP contribution in [0.5, 0.6) is 0 Å². The Hall–Kier alpha value is -0.450. The minimum Gasteiger partial charge on any atom is -0.379 e. The minimum absolute atomic E-state index is 0.0224. The summed E-state index contributed by atoms with van der Waals surface area (Å²) in [6.07, 6.45) is 0.621. The zero-order valence-electron chi connectivity index (χ0n) is 11.3. The zero-order valence-corrected chi connectivity index (χ0v) is 12.9. The molecule has 1 aromatic carbocycles. The molecule has 0 bridgehead atoms. The first-order valence-corrected chi connectivity index (χ1v) is 6.77. The number of halogens is 2. The monoisotopic (exact) mass is 317 g/mol. The van der Waals surface area contributed by atoms with Gasteiger partial charge in [-0.15, -0.1) is 0 Å². The van der Waals surface area contributed by atoms with Gasteiger partial charge in [0.05, 0.1) is 10.6 Å². The summed E-state index contributed by atoms with van der Waals surface area (Å²) >= 11 is 3.18. The van der Waals surface area contributed by atoms with Crippen molar-refractivity contribution in [3.05, 3.63) is 34.1 Å². The van der Waals surface area contributed by atoms with Crippen molar-refractivity contribution >= 4 is 15.9 Å². The molecule has 0 saturated carbocycles. The Labute approximate surface area is 117 Å². The van der Waals surface area contributed by atoms with Crippen molar-refractivity contribution in [2.45, 2.75) is 39.3 Å². The second-order valence-corrected chi connectivity index (χ2v) is 6.49. The van der Waals surface area contributed by atoms with Crippen LogP contribution in [-0.2, 0) is 11.2 Å². The molecule has 0 aliphatic heterocycles. The first kappa shape index (κ1) is 15.6. The maximum atomic E-state index is 13.1. The third-order valence-corrected chi connectivity index (χ3v) is 3.56. The molecule has 2 unspecified atom stereocenters. The maximum Gasteiger partial charge on any atom is 0.137 e. The van der Waals surface area contributed by atoms with Crippen molar-refractivity contribution < 1.29 is 9.13 Å². The van der Waals surface area contributed by atoms with Gasteiger partial charge in [0.25, 0.3) is 0 Å². The number of rotatable bonds is 4. The van der Waals surface area contributed by atoms with Crippen LogP contribution in [0.4, 0.5) is 4.39 Å². The number of hydrogen-bond donors (Lipinski definition) is 1. The summed E-state index contributed by atoms with van der Waals surface area (Å²) in [6, 6.07) is 4.86. The van der Waals surface area contributed by atoms with Crippen LogP contribution in [0.25, 0.3) is 0 Å². The van der Waals surface area contributed by atoms with Gasteiger partial charge >= 0.3 is 0 Å². The van der Waals surface area contributed by atoms with Gasteiger partial charge < -0.3 is 10.5 Å². The van der Waals surface area contributed by atoms with E-state index in [4.69, 9.17) is 10.5 Å². The molecule has 0 amide bonds. The van der Waals surface area contributed by atoms with Crippen molar-refractivity contribution in [3.8, 4) is 0 Å². The third kappa shape index (κ3) is 4.04. The molecule has 2 atom stereocenters. The Morgan fingerprint density at radius 2 is 2.00 bits per heavy atom. The summed E-state index contributed by atoms with van der Waals surface area (Å²) in [5.41, 5.74) is 7.18. The van der Waals surface area contributed by atoms with Crippen molar-refractivity contribution in [3.63, 3.8) is 0 Å². The van der Waals surface area contributed by atoms with E-state index in [1.165, 1.54) is 6.07 Å². The van der Waals surface area contributed by atoms with Crippen LogP contribution in [0, 0.1) is 11.2 Å². The van der Waals surface area contributed by atoms with E-state index in [9.17, 15) is 4.39 Å². The number of methoxy groups -OCH3 is 1. The first-order chi connectivity index (χ1) is 8.25. The fourth-order valence-electron chi connectivity index (χ4n) is 2.22. The molecular weight excluding hydrogens is 297 g/mol. The topological polar surface area (TPSA) is 35.2 Å². The van der Waals surface area contributed by atoms with Crippen LogP contribution in [0.2, 0.25) is 0 Å². The molecule has 0 spiro atoms. The standard InChI is InChI=1S/C14H21BrFNO/c1-14(2,3)13(18-4)12(17)8-9-5-6-11(16)10(15)7-9/h5-7,12-13H,8,17H2,1-4H3. The van der Waals surface area contributed by atoms with Gasteiger partial charge in [-0.25, -0.2) is 4.39 Å². The smallest absolute Gasteiger partial charge is 0.137 e. The Bertz CT molecular complexity index is 403. The molecule has 1 rings (SSSR count). The average Bonchev–Trinajstić information content (AvgIpc) is 2.22. The van der Waals surface area contributed by atoms with Gasteiger partial charge in [-0.3, -0.25) is 0 Å². The summed E-state index contributed by atoms with van der Waals surface area (Å²) in [5, 5.41) is 0. The molecule has 4 heteroatoms. The van der Waals surface area contributed by atoms with Gasteiger partial charge in [-0.2, -0.15) is 0 Å². The molecule has 1 aromatic rings. The van der Waals surface area contributed by atoms with Crippen LogP contribution < -0.4 is 5.73 Å². The Morgan fingerprint density at radius 3 is 2.44 bits per heavy atom. The van der Waals surface area contributed by atoms with Gasteiger partial charge in [0.2, 0.25) is 0 Å². The van der Waals surface area contributed by atoms with Gasteiger partial charge in [0, 0.05) is 13.2 Å². The fourth-order valence-corrected chi connectivity index (χ4v) is 2.64. The highest BCUT2D eigenvalue weighted by molar-refractivity contribution is 9.10. The van der Waals surface area contributed by atoms with Gasteiger partial charge in [-0.05, 0) is 45.5 Å². The summed E-state index contributed by atoms with van der Waals surface area (Å²) in [5.74, 6) is -0.258. The van der Waals surface area contributed by atoms with Crippen LogP contribution >= 0.6 is 15.9 Å². The molecule has 0 aromatic heterocycles. The third-order valence-electron chi connectivity index (χ3n) is 2.95. The lowest BCUT2D eigenvalue weighted by Crippen LogP contribution is -2.46. The average molecular weight is 318 g/mol. The van der Waals surface area contributed by atoms with Crippen molar-refractivity contribution in [1.82, 2.24) is 0 Å². The second-order valence-electron chi connectivity index (χ2n) is 5.64. The molecule has 102 valence electrons. The molecule has 18 heavy (non-hydrogen) atoms. The Kier molecular flexibility index (Phi) is 5.32. The largest absolute Gasteiger partial charge is 0.379 e. The van der Waals surface area contributed by atoms with Gasteiger partial charge in [0.1, 0.15) is 5.82 Å². The lowest BCUT2D eigenvalue weighted by molar-refractivity contribution is -0.00166. The van der Waals surface area contributed by atoms with Crippen molar-refractivity contribution in [1.29, 1.82) is 0 Å². The van der Waals surface area contributed by atoms with E-state index >= 15 is 0 Å². The normalized spacial score (nSPS) is 15.5. The molecular formula is C14H21BrFNO. The highest BCUT2D eigenvalue weighted by Gasteiger charge is 2.30. The van der Waals surface area contributed by atoms with Crippen LogP contribution in [0.1, 0.15) is 26.3 Å². The van der Waals surface area contributed by atoms with Gasteiger partial charge in [-0.1, -0.05) is 26.8 Å². The number of ether oxygens (including phenoxy) is 1. The van der Waals surface area contributed by atoms with E-state index < -0.39 is 0 Å². The van der Waals surface area contributed by atoms with E-state index in [-0.39, 0.29) is 23.4 Å². The number of benzene rings is 1. The lowest BCUT2D eigenvalue weighted by Gasteiger charge is -2.34.